The number of nitrogens with zero attached hydrogens (tertiary/aromatic N) is 2. The number of halogens is 2. The van der Waals surface area contributed by atoms with E-state index < -0.39 is 5.92 Å². The molecule has 1 aromatic heterocycles. The Morgan fingerprint density at radius 2 is 2.08 bits per heavy atom. The van der Waals surface area contributed by atoms with Gasteiger partial charge in [0, 0.05) is 23.5 Å². The molecule has 0 radical (unpaired) electrons. The van der Waals surface area contributed by atoms with Crippen molar-refractivity contribution in [2.24, 2.45) is 5.92 Å². The van der Waals surface area contributed by atoms with E-state index in [1.54, 1.807) is 18.3 Å². The molecule has 2 heterocycles. The fourth-order valence-electron chi connectivity index (χ4n) is 2.65. The van der Waals surface area contributed by atoms with E-state index >= 15 is 0 Å². The summed E-state index contributed by atoms with van der Waals surface area (Å²) in [4.78, 5) is 30.3. The van der Waals surface area contributed by atoms with Crippen LogP contribution in [0.5, 0.6) is 0 Å². The van der Waals surface area contributed by atoms with Crippen LogP contribution in [0.3, 0.4) is 0 Å². The molecule has 2 amide bonds. The zero-order valence-electron chi connectivity index (χ0n) is 12.7. The molecule has 1 unspecified atom stereocenters. The smallest absolute Gasteiger partial charge is 0.239 e. The molecule has 0 saturated carbocycles. The molecule has 0 aliphatic carbocycles. The Balaban J connectivity index is 1.62. The van der Waals surface area contributed by atoms with Gasteiger partial charge in [0.05, 0.1) is 12.2 Å². The van der Waals surface area contributed by atoms with Crippen molar-refractivity contribution < 1.29 is 14.0 Å². The quantitative estimate of drug-likeness (QED) is 0.864. The van der Waals surface area contributed by atoms with Crippen LogP contribution in [0.1, 0.15) is 12.1 Å². The van der Waals surface area contributed by atoms with E-state index in [0.717, 1.165) is 0 Å². The van der Waals surface area contributed by atoms with Crippen molar-refractivity contribution in [1.29, 1.82) is 0 Å². The molecule has 0 spiro atoms. The second-order valence-corrected chi connectivity index (χ2v) is 5.93. The van der Waals surface area contributed by atoms with Gasteiger partial charge < -0.3 is 10.2 Å². The average molecular weight is 348 g/mol. The van der Waals surface area contributed by atoms with E-state index in [2.05, 4.69) is 10.3 Å². The second-order valence-electron chi connectivity index (χ2n) is 5.49. The zero-order valence-corrected chi connectivity index (χ0v) is 13.5. The highest BCUT2D eigenvalue weighted by Crippen LogP contribution is 2.25. The third kappa shape index (κ3) is 3.54. The fraction of sp³-hybridized carbons (Fsp3) is 0.235. The summed E-state index contributed by atoms with van der Waals surface area (Å²) in [6, 6.07) is 8.95. The van der Waals surface area contributed by atoms with E-state index in [9.17, 15) is 14.0 Å². The van der Waals surface area contributed by atoms with Gasteiger partial charge in [-0.05, 0) is 42.8 Å². The third-order valence-electron chi connectivity index (χ3n) is 3.88. The van der Waals surface area contributed by atoms with E-state index in [-0.39, 0.29) is 24.2 Å². The van der Waals surface area contributed by atoms with Crippen molar-refractivity contribution in [2.75, 3.05) is 11.4 Å². The number of pyridine rings is 1. The van der Waals surface area contributed by atoms with E-state index in [0.29, 0.717) is 29.4 Å². The molecule has 3 rings (SSSR count). The summed E-state index contributed by atoms with van der Waals surface area (Å²) in [5.74, 6) is -1.73. The van der Waals surface area contributed by atoms with Gasteiger partial charge in [0.1, 0.15) is 11.7 Å². The summed E-state index contributed by atoms with van der Waals surface area (Å²) in [6.45, 7) is 0.637. The van der Waals surface area contributed by atoms with Gasteiger partial charge in [0.15, 0.2) is 0 Å². The fourth-order valence-corrected chi connectivity index (χ4v) is 2.83. The number of nitrogens with one attached hydrogen (secondary N) is 1. The molecule has 124 valence electrons. The van der Waals surface area contributed by atoms with Crippen LogP contribution in [-0.2, 0) is 16.1 Å². The van der Waals surface area contributed by atoms with E-state index in [1.165, 1.54) is 29.2 Å². The molecule has 0 bridgehead atoms. The van der Waals surface area contributed by atoms with Gasteiger partial charge in [0.25, 0.3) is 0 Å². The largest absolute Gasteiger partial charge is 0.350 e. The Labute approximate surface area is 143 Å². The molecule has 1 aliphatic heterocycles. The zero-order chi connectivity index (χ0) is 17.1. The maximum Gasteiger partial charge on any atom is 0.239 e. The van der Waals surface area contributed by atoms with Crippen molar-refractivity contribution in [3.63, 3.8) is 0 Å². The molecule has 1 saturated heterocycles. The van der Waals surface area contributed by atoms with Crippen LogP contribution in [0.15, 0.2) is 42.6 Å². The van der Waals surface area contributed by atoms with Crippen molar-refractivity contribution in [2.45, 2.75) is 13.0 Å². The first kappa shape index (κ1) is 16.4. The number of aromatic nitrogens is 1. The lowest BCUT2D eigenvalue weighted by Gasteiger charge is -2.16. The maximum absolute atomic E-state index is 13.0. The van der Waals surface area contributed by atoms with Crippen LogP contribution in [0.2, 0.25) is 5.02 Å². The number of hydrogen-bond donors (Lipinski definition) is 1. The molecular weight excluding hydrogens is 333 g/mol. The van der Waals surface area contributed by atoms with E-state index in [1.807, 2.05) is 0 Å². The van der Waals surface area contributed by atoms with Gasteiger partial charge in [-0.15, -0.1) is 0 Å². The molecule has 1 aliphatic rings. The summed E-state index contributed by atoms with van der Waals surface area (Å²) < 4.78 is 13.0. The molecular formula is C17H15ClFN3O2. The molecule has 7 heteroatoms. The number of carbonyl (C=O) groups is 2. The molecule has 1 fully saturated rings. The summed E-state index contributed by atoms with van der Waals surface area (Å²) >= 11 is 5.87. The van der Waals surface area contributed by atoms with Crippen molar-refractivity contribution in [1.82, 2.24) is 10.3 Å². The predicted molar refractivity (Wildman–Crippen MR) is 88.0 cm³/mol. The topological polar surface area (TPSA) is 62.3 Å². The predicted octanol–water partition coefficient (Wildman–Crippen LogP) is 2.54. The molecule has 24 heavy (non-hydrogen) atoms. The van der Waals surface area contributed by atoms with Crippen LogP contribution in [0.25, 0.3) is 0 Å². The lowest BCUT2D eigenvalue weighted by Crippen LogP contribution is -2.36. The average Bonchev–Trinajstić information content (AvgIpc) is 2.95. The molecule has 2 aromatic rings. The first-order valence-corrected chi connectivity index (χ1v) is 7.87. The van der Waals surface area contributed by atoms with Gasteiger partial charge in [0.2, 0.25) is 11.8 Å². The molecule has 1 aromatic carbocycles. The van der Waals surface area contributed by atoms with Crippen LogP contribution in [-0.4, -0.2) is 23.3 Å². The lowest BCUT2D eigenvalue weighted by atomic mass is 10.1. The highest BCUT2D eigenvalue weighted by atomic mass is 35.5. The van der Waals surface area contributed by atoms with Crippen LogP contribution in [0.4, 0.5) is 10.1 Å². The third-order valence-corrected chi connectivity index (χ3v) is 4.12. The standard InChI is InChI=1S/C17H15ClFN3O2/c18-11-5-7-20-13(9-11)10-21-16(23)15-6-8-22(17(15)24)14-3-1-12(19)2-4-14/h1-5,7,9,15H,6,8,10H2,(H,21,23). The highest BCUT2D eigenvalue weighted by Gasteiger charge is 2.37. The second kappa shape index (κ2) is 6.97. The van der Waals surface area contributed by atoms with Crippen LogP contribution in [0, 0.1) is 11.7 Å². The number of hydrogen-bond acceptors (Lipinski definition) is 3. The maximum atomic E-state index is 13.0. The summed E-state index contributed by atoms with van der Waals surface area (Å²) in [5.41, 5.74) is 1.21. The van der Waals surface area contributed by atoms with Crippen molar-refractivity contribution >= 4 is 29.1 Å². The first-order chi connectivity index (χ1) is 11.5. The van der Waals surface area contributed by atoms with Crippen molar-refractivity contribution in [3.8, 4) is 0 Å². The van der Waals surface area contributed by atoms with Gasteiger partial charge in [-0.3, -0.25) is 14.6 Å². The molecule has 5 nitrogen and oxygen atoms in total. The number of benzene rings is 1. The number of anilines is 1. The van der Waals surface area contributed by atoms with Gasteiger partial charge in [-0.2, -0.15) is 0 Å². The summed E-state index contributed by atoms with van der Waals surface area (Å²) in [6.07, 6.45) is 1.98. The summed E-state index contributed by atoms with van der Waals surface area (Å²) in [5, 5.41) is 3.25. The summed E-state index contributed by atoms with van der Waals surface area (Å²) in [7, 11) is 0. The van der Waals surface area contributed by atoms with Crippen LogP contribution >= 0.6 is 11.6 Å². The SMILES string of the molecule is O=C(NCc1cc(Cl)ccn1)C1CCN(c2ccc(F)cc2)C1=O. The minimum absolute atomic E-state index is 0.208. The van der Waals surface area contributed by atoms with E-state index in [4.69, 9.17) is 11.6 Å². The molecule has 1 atom stereocenters. The van der Waals surface area contributed by atoms with Gasteiger partial charge in [-0.25, -0.2) is 4.39 Å². The number of amides is 2. The Morgan fingerprint density at radius 1 is 1.33 bits per heavy atom. The Bertz CT molecular complexity index is 767. The normalized spacial score (nSPS) is 17.2. The minimum atomic E-state index is -0.741. The minimum Gasteiger partial charge on any atom is -0.350 e. The van der Waals surface area contributed by atoms with Crippen molar-refractivity contribution in [3.05, 3.63) is 59.1 Å². The number of carbonyl (C=O) groups excluding carboxylic acids is 2. The highest BCUT2D eigenvalue weighted by molar-refractivity contribution is 6.30. The first-order valence-electron chi connectivity index (χ1n) is 7.49. The van der Waals surface area contributed by atoms with Crippen LogP contribution < -0.4 is 10.2 Å². The Morgan fingerprint density at radius 3 is 2.79 bits per heavy atom. The Kier molecular flexibility index (Phi) is 4.76. The lowest BCUT2D eigenvalue weighted by molar-refractivity contribution is -0.132. The van der Waals surface area contributed by atoms with Gasteiger partial charge in [-0.1, -0.05) is 11.6 Å². The van der Waals surface area contributed by atoms with Gasteiger partial charge >= 0.3 is 0 Å². The molecule has 1 N–H and O–H groups in total. The monoisotopic (exact) mass is 347 g/mol. The Hall–Kier alpha value is -2.47. The number of rotatable bonds is 4.